The average molecular weight is 378 g/mol. The summed E-state index contributed by atoms with van der Waals surface area (Å²) in [7, 11) is 0. The van der Waals surface area contributed by atoms with Crippen LogP contribution in [-0.4, -0.2) is 37.7 Å². The molecule has 2 aromatic rings. The third-order valence-corrected chi connectivity index (χ3v) is 4.81. The van der Waals surface area contributed by atoms with E-state index in [1.807, 2.05) is 31.2 Å². The van der Waals surface area contributed by atoms with Crippen molar-refractivity contribution in [2.45, 2.75) is 25.6 Å². The van der Waals surface area contributed by atoms with E-state index in [2.05, 4.69) is 10.2 Å². The molecule has 0 aromatic heterocycles. The summed E-state index contributed by atoms with van der Waals surface area (Å²) >= 11 is 0. The smallest absolute Gasteiger partial charge is 0.416 e. The summed E-state index contributed by atoms with van der Waals surface area (Å²) in [6.45, 7) is 5.97. The van der Waals surface area contributed by atoms with E-state index in [0.29, 0.717) is 6.61 Å². The molecule has 146 valence electrons. The minimum atomic E-state index is -4.33. The number of ether oxygens (including phenoxy) is 1. The summed E-state index contributed by atoms with van der Waals surface area (Å²) in [5.41, 5.74) is 1.21. The van der Waals surface area contributed by atoms with E-state index in [0.717, 1.165) is 49.5 Å². The number of halogens is 3. The lowest BCUT2D eigenvalue weighted by Gasteiger charge is -2.32. The molecule has 0 saturated carbocycles. The molecule has 3 rings (SSSR count). The van der Waals surface area contributed by atoms with Gasteiger partial charge in [-0.1, -0.05) is 30.3 Å². The van der Waals surface area contributed by atoms with Gasteiger partial charge in [0.2, 0.25) is 0 Å². The maximum absolute atomic E-state index is 13.0. The van der Waals surface area contributed by atoms with Crippen molar-refractivity contribution in [3.8, 4) is 5.75 Å². The van der Waals surface area contributed by atoms with Crippen LogP contribution >= 0.6 is 0 Å². The Labute approximate surface area is 158 Å². The monoisotopic (exact) mass is 378 g/mol. The summed E-state index contributed by atoms with van der Waals surface area (Å²) in [6.07, 6.45) is -3.34. The van der Waals surface area contributed by atoms with Crippen molar-refractivity contribution < 1.29 is 17.9 Å². The molecule has 6 heteroatoms. The van der Waals surface area contributed by atoms with Gasteiger partial charge in [-0.15, -0.1) is 0 Å². The highest BCUT2D eigenvalue weighted by Gasteiger charge is 2.31. The van der Waals surface area contributed by atoms with Gasteiger partial charge in [0.05, 0.1) is 18.2 Å². The first-order valence-electron chi connectivity index (χ1n) is 9.34. The number of rotatable bonds is 5. The lowest BCUT2D eigenvalue weighted by Crippen LogP contribution is -2.33. The van der Waals surface area contributed by atoms with Gasteiger partial charge >= 0.3 is 6.18 Å². The molecule has 1 heterocycles. The van der Waals surface area contributed by atoms with E-state index >= 15 is 0 Å². The van der Waals surface area contributed by atoms with Crippen molar-refractivity contribution in [2.75, 3.05) is 32.8 Å². The molecule has 27 heavy (non-hydrogen) atoms. The number of para-hydroxylation sites is 1. The van der Waals surface area contributed by atoms with Crippen molar-refractivity contribution in [3.63, 3.8) is 0 Å². The Bertz CT molecular complexity index is 723. The number of hydrogen-bond donors (Lipinski definition) is 1. The maximum atomic E-state index is 13.0. The standard InChI is InChI=1S/C21H25F3N2O/c1-2-27-19-7-4-3-6-18(19)20(26-14-5-12-25-13-15-26)16-8-10-17(11-9-16)21(22,23)24/h3-4,6-11,20,25H,2,5,12-15H2,1H3. The van der Waals surface area contributed by atoms with Gasteiger partial charge < -0.3 is 10.1 Å². The predicted molar refractivity (Wildman–Crippen MR) is 100.0 cm³/mol. The Hall–Kier alpha value is -2.05. The number of hydrogen-bond acceptors (Lipinski definition) is 3. The Kier molecular flexibility index (Phi) is 6.39. The molecule has 2 aromatic carbocycles. The average Bonchev–Trinajstić information content (AvgIpc) is 2.93. The van der Waals surface area contributed by atoms with Crippen molar-refractivity contribution in [1.29, 1.82) is 0 Å². The van der Waals surface area contributed by atoms with E-state index in [1.54, 1.807) is 12.1 Å². The van der Waals surface area contributed by atoms with Gasteiger partial charge in [-0.3, -0.25) is 4.90 Å². The van der Waals surface area contributed by atoms with Crippen molar-refractivity contribution in [2.24, 2.45) is 0 Å². The zero-order valence-electron chi connectivity index (χ0n) is 15.4. The fourth-order valence-electron chi connectivity index (χ4n) is 3.56. The third-order valence-electron chi connectivity index (χ3n) is 4.81. The number of nitrogens with one attached hydrogen (secondary N) is 1. The first-order valence-corrected chi connectivity index (χ1v) is 9.34. The van der Waals surface area contributed by atoms with Crippen LogP contribution in [0.5, 0.6) is 5.75 Å². The largest absolute Gasteiger partial charge is 0.494 e. The van der Waals surface area contributed by atoms with E-state index in [-0.39, 0.29) is 6.04 Å². The summed E-state index contributed by atoms with van der Waals surface area (Å²) in [4.78, 5) is 2.32. The Morgan fingerprint density at radius 2 is 1.78 bits per heavy atom. The van der Waals surface area contributed by atoms with E-state index in [4.69, 9.17) is 4.74 Å². The van der Waals surface area contributed by atoms with Crippen LogP contribution in [0.15, 0.2) is 48.5 Å². The molecule has 1 aliphatic rings. The minimum Gasteiger partial charge on any atom is -0.494 e. The predicted octanol–water partition coefficient (Wildman–Crippen LogP) is 4.49. The molecule has 0 amide bonds. The minimum absolute atomic E-state index is 0.144. The Morgan fingerprint density at radius 3 is 2.48 bits per heavy atom. The van der Waals surface area contributed by atoms with Crippen LogP contribution in [0.1, 0.15) is 36.1 Å². The van der Waals surface area contributed by atoms with Crippen LogP contribution in [0.4, 0.5) is 13.2 Å². The SMILES string of the molecule is CCOc1ccccc1C(c1ccc(C(F)(F)F)cc1)N1CCCNCC1. The summed E-state index contributed by atoms with van der Waals surface area (Å²) in [5.74, 6) is 0.780. The van der Waals surface area contributed by atoms with Crippen LogP contribution in [-0.2, 0) is 6.18 Å². The highest BCUT2D eigenvalue weighted by atomic mass is 19.4. The zero-order chi connectivity index (χ0) is 19.3. The van der Waals surface area contributed by atoms with Crippen molar-refractivity contribution in [1.82, 2.24) is 10.2 Å². The van der Waals surface area contributed by atoms with Gasteiger partial charge in [-0.2, -0.15) is 13.2 Å². The normalized spacial score (nSPS) is 17.3. The molecule has 0 radical (unpaired) electrons. The molecular formula is C21H25F3N2O. The molecular weight excluding hydrogens is 353 g/mol. The van der Waals surface area contributed by atoms with E-state index < -0.39 is 11.7 Å². The van der Waals surface area contributed by atoms with Gasteiger partial charge in [-0.25, -0.2) is 0 Å². The second-order valence-electron chi connectivity index (χ2n) is 6.63. The van der Waals surface area contributed by atoms with Crippen LogP contribution in [0.3, 0.4) is 0 Å². The van der Waals surface area contributed by atoms with Crippen LogP contribution < -0.4 is 10.1 Å². The molecule has 1 unspecified atom stereocenters. The first-order chi connectivity index (χ1) is 13.0. The summed E-state index contributed by atoms with van der Waals surface area (Å²) < 4.78 is 44.8. The number of nitrogens with zero attached hydrogens (tertiary/aromatic N) is 1. The summed E-state index contributed by atoms with van der Waals surface area (Å²) in [6, 6.07) is 13.2. The highest BCUT2D eigenvalue weighted by Crippen LogP contribution is 2.37. The molecule has 1 aliphatic heterocycles. The van der Waals surface area contributed by atoms with Crippen molar-refractivity contribution in [3.05, 3.63) is 65.2 Å². The van der Waals surface area contributed by atoms with Gasteiger partial charge in [0.25, 0.3) is 0 Å². The molecule has 0 aliphatic carbocycles. The van der Waals surface area contributed by atoms with E-state index in [1.165, 1.54) is 12.1 Å². The number of alkyl halides is 3. The summed E-state index contributed by atoms with van der Waals surface area (Å²) in [5, 5.41) is 3.38. The first kappa shape index (κ1) is 19.7. The topological polar surface area (TPSA) is 24.5 Å². The Morgan fingerprint density at radius 1 is 1.04 bits per heavy atom. The fraction of sp³-hybridized carbons (Fsp3) is 0.429. The molecule has 1 fully saturated rings. The molecule has 3 nitrogen and oxygen atoms in total. The maximum Gasteiger partial charge on any atom is 0.416 e. The molecule has 1 saturated heterocycles. The third kappa shape index (κ3) is 4.82. The lowest BCUT2D eigenvalue weighted by molar-refractivity contribution is -0.137. The van der Waals surface area contributed by atoms with E-state index in [9.17, 15) is 13.2 Å². The fourth-order valence-corrected chi connectivity index (χ4v) is 3.56. The van der Waals surface area contributed by atoms with Crippen LogP contribution in [0, 0.1) is 0 Å². The van der Waals surface area contributed by atoms with Crippen LogP contribution in [0.2, 0.25) is 0 Å². The zero-order valence-corrected chi connectivity index (χ0v) is 15.4. The highest BCUT2D eigenvalue weighted by molar-refractivity contribution is 5.42. The second kappa shape index (κ2) is 8.76. The lowest BCUT2D eigenvalue weighted by atomic mass is 9.95. The van der Waals surface area contributed by atoms with Gasteiger partial charge in [0, 0.05) is 25.2 Å². The Balaban J connectivity index is 2.02. The second-order valence-corrected chi connectivity index (χ2v) is 6.63. The van der Waals surface area contributed by atoms with Gasteiger partial charge in [0.15, 0.2) is 0 Å². The molecule has 1 N–H and O–H groups in total. The molecule has 1 atom stereocenters. The quantitative estimate of drug-likeness (QED) is 0.830. The molecule has 0 bridgehead atoms. The van der Waals surface area contributed by atoms with Crippen molar-refractivity contribution >= 4 is 0 Å². The molecule has 0 spiro atoms. The van der Waals surface area contributed by atoms with Crippen LogP contribution in [0.25, 0.3) is 0 Å². The van der Waals surface area contributed by atoms with Gasteiger partial charge in [-0.05, 0) is 43.7 Å². The van der Waals surface area contributed by atoms with Gasteiger partial charge in [0.1, 0.15) is 5.75 Å². The number of benzene rings is 2.